The van der Waals surface area contributed by atoms with E-state index in [-0.39, 0.29) is 17.0 Å². The first-order chi connectivity index (χ1) is 12.3. The van der Waals surface area contributed by atoms with Gasteiger partial charge in [0, 0.05) is 12.5 Å². The molecule has 0 bridgehead atoms. The monoisotopic (exact) mass is 519 g/mol. The molecule has 0 amide bonds. The van der Waals surface area contributed by atoms with Crippen molar-refractivity contribution in [2.75, 3.05) is 6.54 Å². The fraction of sp³-hybridized carbons (Fsp3) is 0.136. The zero-order valence-corrected chi connectivity index (χ0v) is 18.0. The average Bonchev–Trinajstić information content (AvgIpc) is 2.67. The van der Waals surface area contributed by atoms with Gasteiger partial charge in [-0.15, -0.1) is 0 Å². The van der Waals surface area contributed by atoms with Gasteiger partial charge in [-0.25, -0.2) is 0 Å². The van der Waals surface area contributed by atoms with E-state index in [1.165, 1.54) is 25.9 Å². The quantitative estimate of drug-likeness (QED) is 0.380. The number of hydrogen-bond donors (Lipinski definition) is 0. The lowest BCUT2D eigenvalue weighted by Crippen LogP contribution is -3.00. The van der Waals surface area contributed by atoms with Gasteiger partial charge in [-0.2, -0.15) is 4.58 Å². The first-order valence-electron chi connectivity index (χ1n) is 8.46. The van der Waals surface area contributed by atoms with Crippen LogP contribution in [0, 0.1) is 3.57 Å². The van der Waals surface area contributed by atoms with Crippen molar-refractivity contribution in [2.24, 2.45) is 0 Å². The maximum Gasteiger partial charge on any atom is 0.218 e. The molecule has 0 aromatic heterocycles. The van der Waals surface area contributed by atoms with Gasteiger partial charge in [0.2, 0.25) is 5.69 Å². The summed E-state index contributed by atoms with van der Waals surface area (Å²) in [5.74, 6) is 0.956. The second-order valence-electron chi connectivity index (χ2n) is 6.13. The van der Waals surface area contributed by atoms with E-state index in [0.29, 0.717) is 6.61 Å². The summed E-state index contributed by atoms with van der Waals surface area (Å²) in [6, 6.07) is 25.2. The maximum absolute atomic E-state index is 6.15. The highest BCUT2D eigenvalue weighted by molar-refractivity contribution is 14.1. The van der Waals surface area contributed by atoms with Crippen LogP contribution in [0.3, 0.4) is 0 Å². The molecule has 0 N–H and O–H groups in total. The molecule has 132 valence electrons. The standard InChI is InChI=1S/C22H19INO.BrH/c23-20-10-4-5-11-21(20)24-14-13-18-9-6-12-22(19(18)15-24)25-16-17-7-2-1-3-8-17;/h1-12,15H,13-14,16H2;1H/q+1;/p-1. The van der Waals surface area contributed by atoms with Gasteiger partial charge in [0.25, 0.3) is 0 Å². The molecule has 2 nitrogen and oxygen atoms in total. The van der Waals surface area contributed by atoms with Crippen LogP contribution in [0.1, 0.15) is 16.7 Å². The largest absolute Gasteiger partial charge is 1.00 e. The molecule has 1 aliphatic rings. The Morgan fingerprint density at radius 1 is 0.885 bits per heavy atom. The van der Waals surface area contributed by atoms with Crippen molar-refractivity contribution in [3.63, 3.8) is 0 Å². The fourth-order valence-corrected chi connectivity index (χ4v) is 3.85. The van der Waals surface area contributed by atoms with Gasteiger partial charge in [-0.05, 0) is 45.9 Å². The Kier molecular flexibility index (Phi) is 6.48. The number of benzene rings is 3. The smallest absolute Gasteiger partial charge is 0.218 e. The van der Waals surface area contributed by atoms with E-state index < -0.39 is 0 Å². The van der Waals surface area contributed by atoms with E-state index >= 15 is 0 Å². The zero-order chi connectivity index (χ0) is 17.1. The van der Waals surface area contributed by atoms with Crippen LogP contribution in [-0.2, 0) is 13.0 Å². The van der Waals surface area contributed by atoms with Crippen LogP contribution >= 0.6 is 22.6 Å². The highest BCUT2D eigenvalue weighted by Gasteiger charge is 2.22. The third kappa shape index (κ3) is 4.18. The second-order valence-corrected chi connectivity index (χ2v) is 7.29. The molecule has 1 aliphatic heterocycles. The summed E-state index contributed by atoms with van der Waals surface area (Å²) in [6.07, 6.45) is 3.26. The molecule has 3 aromatic rings. The number of halogens is 2. The molecule has 0 aliphatic carbocycles. The minimum Gasteiger partial charge on any atom is -1.00 e. The van der Waals surface area contributed by atoms with Gasteiger partial charge >= 0.3 is 0 Å². The summed E-state index contributed by atoms with van der Waals surface area (Å²) in [5, 5.41) is 0. The zero-order valence-electron chi connectivity index (χ0n) is 14.2. The average molecular weight is 520 g/mol. The van der Waals surface area contributed by atoms with Crippen LogP contribution < -0.4 is 21.7 Å². The number of fused-ring (bicyclic) bond motifs is 1. The van der Waals surface area contributed by atoms with E-state index in [1.54, 1.807) is 0 Å². The van der Waals surface area contributed by atoms with Crippen molar-refractivity contribution in [2.45, 2.75) is 13.0 Å². The van der Waals surface area contributed by atoms with Crippen molar-refractivity contribution >= 4 is 34.5 Å². The van der Waals surface area contributed by atoms with Crippen molar-refractivity contribution < 1.29 is 26.3 Å². The van der Waals surface area contributed by atoms with Crippen LogP contribution in [0.2, 0.25) is 0 Å². The molecule has 0 spiro atoms. The Bertz CT molecular complexity index is 924. The van der Waals surface area contributed by atoms with Gasteiger partial charge in [0.05, 0.1) is 9.13 Å². The molecule has 0 saturated heterocycles. The first kappa shape index (κ1) is 19.1. The van der Waals surface area contributed by atoms with E-state index in [1.807, 2.05) is 18.2 Å². The fourth-order valence-electron chi connectivity index (χ4n) is 3.15. The number of ether oxygens (including phenoxy) is 1. The number of rotatable bonds is 4. The Labute approximate surface area is 178 Å². The van der Waals surface area contributed by atoms with Gasteiger partial charge in [-0.3, -0.25) is 0 Å². The third-order valence-electron chi connectivity index (χ3n) is 4.46. The molecule has 4 heteroatoms. The topological polar surface area (TPSA) is 12.2 Å². The molecule has 3 aromatic carbocycles. The number of nitrogens with zero attached hydrogens (tertiary/aromatic N) is 1. The van der Waals surface area contributed by atoms with Crippen LogP contribution in [0.15, 0.2) is 72.8 Å². The second kappa shape index (κ2) is 8.82. The third-order valence-corrected chi connectivity index (χ3v) is 5.37. The van der Waals surface area contributed by atoms with Gasteiger partial charge < -0.3 is 21.7 Å². The van der Waals surface area contributed by atoms with Crippen molar-refractivity contribution in [1.29, 1.82) is 0 Å². The lowest BCUT2D eigenvalue weighted by Gasteiger charge is -2.16. The first-order valence-corrected chi connectivity index (χ1v) is 9.54. The molecule has 4 rings (SSSR count). The minimum atomic E-state index is 0. The van der Waals surface area contributed by atoms with E-state index in [4.69, 9.17) is 4.74 Å². The Balaban J connectivity index is 0.00000196. The molecule has 0 unspecified atom stereocenters. The summed E-state index contributed by atoms with van der Waals surface area (Å²) in [4.78, 5) is 0. The summed E-state index contributed by atoms with van der Waals surface area (Å²) >= 11 is 2.40. The minimum absolute atomic E-state index is 0. The summed E-state index contributed by atoms with van der Waals surface area (Å²) < 4.78 is 9.74. The summed E-state index contributed by atoms with van der Waals surface area (Å²) in [7, 11) is 0. The van der Waals surface area contributed by atoms with Crippen LogP contribution in [0.4, 0.5) is 5.69 Å². The van der Waals surface area contributed by atoms with E-state index in [9.17, 15) is 0 Å². The van der Waals surface area contributed by atoms with Gasteiger partial charge in [0.1, 0.15) is 12.4 Å². The Hall–Kier alpha value is -1.66. The van der Waals surface area contributed by atoms with E-state index in [2.05, 4.69) is 88.0 Å². The van der Waals surface area contributed by atoms with Gasteiger partial charge in [-0.1, -0.05) is 54.6 Å². The molecular formula is C22H19BrINO. The predicted octanol–water partition coefficient (Wildman–Crippen LogP) is 2.19. The number of hydrogen-bond acceptors (Lipinski definition) is 1. The SMILES string of the molecule is Ic1ccccc1[N+]1=Cc2c(cccc2OCc2ccccc2)CC1.[Br-]. The van der Waals surface area contributed by atoms with Crippen molar-refractivity contribution in [3.05, 3.63) is 93.1 Å². The Morgan fingerprint density at radius 2 is 1.65 bits per heavy atom. The van der Waals surface area contributed by atoms with Crippen LogP contribution in [0.5, 0.6) is 5.75 Å². The van der Waals surface area contributed by atoms with Crippen molar-refractivity contribution in [1.82, 2.24) is 0 Å². The molecule has 26 heavy (non-hydrogen) atoms. The molecule has 0 saturated carbocycles. The number of para-hydroxylation sites is 1. The molecule has 0 radical (unpaired) electrons. The maximum atomic E-state index is 6.15. The highest BCUT2D eigenvalue weighted by Crippen LogP contribution is 2.28. The molecular weight excluding hydrogens is 501 g/mol. The lowest BCUT2D eigenvalue weighted by molar-refractivity contribution is -0.437. The lowest BCUT2D eigenvalue weighted by atomic mass is 10.0. The molecule has 0 fully saturated rings. The highest BCUT2D eigenvalue weighted by atomic mass is 127. The Morgan fingerprint density at radius 3 is 2.46 bits per heavy atom. The van der Waals surface area contributed by atoms with Crippen LogP contribution in [0.25, 0.3) is 0 Å². The normalized spacial score (nSPS) is 12.6. The predicted molar refractivity (Wildman–Crippen MR) is 110 cm³/mol. The van der Waals surface area contributed by atoms with Crippen molar-refractivity contribution in [3.8, 4) is 5.75 Å². The van der Waals surface area contributed by atoms with Gasteiger partial charge in [0.15, 0.2) is 12.8 Å². The summed E-state index contributed by atoms with van der Waals surface area (Å²) in [5.41, 5.74) is 4.99. The summed E-state index contributed by atoms with van der Waals surface area (Å²) in [6.45, 7) is 1.59. The molecule has 1 heterocycles. The molecule has 0 atom stereocenters. The van der Waals surface area contributed by atoms with Crippen LogP contribution in [-0.4, -0.2) is 17.3 Å². The van der Waals surface area contributed by atoms with E-state index in [0.717, 1.165) is 18.7 Å².